The van der Waals surface area contributed by atoms with Gasteiger partial charge in [-0.05, 0) is 77.0 Å². The number of aliphatic hydroxyl groups excluding tert-OH is 5. The van der Waals surface area contributed by atoms with E-state index in [4.69, 9.17) is 9.47 Å². The molecule has 9 heteroatoms. The molecule has 81 heavy (non-hydrogen) atoms. The van der Waals surface area contributed by atoms with E-state index in [2.05, 4.69) is 92.1 Å². The minimum Gasteiger partial charge on any atom is -0.394 e. The average molecular weight is 1140 g/mol. The summed E-state index contributed by atoms with van der Waals surface area (Å²) in [5.74, 6) is -0.184. The van der Waals surface area contributed by atoms with E-state index in [0.29, 0.717) is 6.42 Å². The SMILES string of the molecule is CC/C=C\C/C=C\C/C=C\C/C=C\C/C=C\CCCCCCCCCCCCCCCCCCCCCC(=O)NC(COC1OC(CO)C(O)C(O)C1O)C(O)/C=C/CC/C=C/CCCCCCCCCCCCCCCCCCC. The van der Waals surface area contributed by atoms with Gasteiger partial charge in [0.2, 0.25) is 5.91 Å². The van der Waals surface area contributed by atoms with Gasteiger partial charge in [-0.2, -0.15) is 0 Å². The van der Waals surface area contributed by atoms with E-state index < -0.39 is 49.5 Å². The summed E-state index contributed by atoms with van der Waals surface area (Å²) in [7, 11) is 0. The van der Waals surface area contributed by atoms with Crippen molar-refractivity contribution in [1.29, 1.82) is 0 Å². The Morgan fingerprint density at radius 3 is 1.19 bits per heavy atom. The average Bonchev–Trinajstić information content (AvgIpc) is 3.48. The summed E-state index contributed by atoms with van der Waals surface area (Å²) in [4.78, 5) is 13.1. The van der Waals surface area contributed by atoms with Crippen molar-refractivity contribution in [3.63, 3.8) is 0 Å². The number of aliphatic hydroxyl groups is 5. The van der Waals surface area contributed by atoms with E-state index >= 15 is 0 Å². The van der Waals surface area contributed by atoms with Crippen molar-refractivity contribution in [2.45, 2.75) is 352 Å². The highest BCUT2D eigenvalue weighted by Crippen LogP contribution is 2.23. The smallest absolute Gasteiger partial charge is 0.220 e. The summed E-state index contributed by atoms with van der Waals surface area (Å²) in [5.41, 5.74) is 0. The second kappa shape index (κ2) is 60.5. The fraction of sp³-hybridized carbons (Fsp3) is 0.792. The number of rotatable bonds is 59. The minimum atomic E-state index is -1.57. The predicted molar refractivity (Wildman–Crippen MR) is 345 cm³/mol. The molecule has 470 valence electrons. The Balaban J connectivity index is 2.13. The van der Waals surface area contributed by atoms with Gasteiger partial charge in [0.25, 0.3) is 0 Å². The van der Waals surface area contributed by atoms with Crippen LogP contribution in [0.25, 0.3) is 0 Å². The minimum absolute atomic E-state index is 0.184. The second-order valence-corrected chi connectivity index (χ2v) is 23.6. The molecule has 0 bridgehead atoms. The van der Waals surface area contributed by atoms with E-state index in [1.807, 2.05) is 6.08 Å². The van der Waals surface area contributed by atoms with E-state index in [-0.39, 0.29) is 12.5 Å². The summed E-state index contributed by atoms with van der Waals surface area (Å²) in [6.45, 7) is 3.68. The lowest BCUT2D eigenvalue weighted by Gasteiger charge is -2.40. The normalized spacial score (nSPS) is 18.9. The summed E-state index contributed by atoms with van der Waals surface area (Å²) >= 11 is 0. The van der Waals surface area contributed by atoms with Gasteiger partial charge >= 0.3 is 0 Å². The maximum Gasteiger partial charge on any atom is 0.220 e. The summed E-state index contributed by atoms with van der Waals surface area (Å²) in [5, 5.41) is 54.7. The molecule has 1 fully saturated rings. The van der Waals surface area contributed by atoms with E-state index in [1.54, 1.807) is 6.08 Å². The highest BCUT2D eigenvalue weighted by molar-refractivity contribution is 5.76. The lowest BCUT2D eigenvalue weighted by molar-refractivity contribution is -0.302. The maximum absolute atomic E-state index is 13.1. The third kappa shape index (κ3) is 49.4. The van der Waals surface area contributed by atoms with E-state index in [9.17, 15) is 30.3 Å². The number of carbonyl (C=O) groups excluding carboxylic acids is 1. The number of allylic oxidation sites excluding steroid dienone is 13. The van der Waals surface area contributed by atoms with Crippen molar-refractivity contribution >= 4 is 5.91 Å². The zero-order chi connectivity index (χ0) is 58.6. The Morgan fingerprint density at radius 2 is 0.778 bits per heavy atom. The highest BCUT2D eigenvalue weighted by atomic mass is 16.7. The number of ether oxygens (including phenoxy) is 2. The van der Waals surface area contributed by atoms with Crippen molar-refractivity contribution < 1.29 is 39.8 Å². The molecular weight excluding hydrogens is 1010 g/mol. The number of nitrogens with one attached hydrogen (secondary N) is 1. The zero-order valence-electron chi connectivity index (χ0n) is 52.5. The van der Waals surface area contributed by atoms with Crippen molar-refractivity contribution in [1.82, 2.24) is 5.32 Å². The molecule has 0 spiro atoms. The molecule has 0 aromatic rings. The molecule has 7 unspecified atom stereocenters. The lowest BCUT2D eigenvalue weighted by Crippen LogP contribution is -2.60. The van der Waals surface area contributed by atoms with Crippen LogP contribution in [-0.2, 0) is 14.3 Å². The van der Waals surface area contributed by atoms with Crippen molar-refractivity contribution in [2.75, 3.05) is 13.2 Å². The van der Waals surface area contributed by atoms with E-state index in [0.717, 1.165) is 70.6 Å². The van der Waals surface area contributed by atoms with Crippen LogP contribution >= 0.6 is 0 Å². The largest absolute Gasteiger partial charge is 0.394 e. The van der Waals surface area contributed by atoms with Gasteiger partial charge in [0, 0.05) is 6.42 Å². The van der Waals surface area contributed by atoms with Crippen LogP contribution in [0.2, 0.25) is 0 Å². The highest BCUT2D eigenvalue weighted by Gasteiger charge is 2.44. The van der Waals surface area contributed by atoms with Gasteiger partial charge in [0.15, 0.2) is 6.29 Å². The van der Waals surface area contributed by atoms with Gasteiger partial charge in [0.05, 0.1) is 25.4 Å². The molecule has 0 aliphatic carbocycles. The summed E-state index contributed by atoms with van der Waals surface area (Å²) < 4.78 is 11.3. The monoisotopic (exact) mass is 1140 g/mol. The van der Waals surface area contributed by atoms with Gasteiger partial charge in [-0.1, -0.05) is 311 Å². The van der Waals surface area contributed by atoms with Crippen molar-refractivity contribution in [3.05, 3.63) is 85.1 Å². The Kier molecular flexibility index (Phi) is 57.0. The van der Waals surface area contributed by atoms with Crippen LogP contribution in [0.5, 0.6) is 0 Å². The first-order chi connectivity index (χ1) is 39.8. The standard InChI is InChI=1S/C72H129NO8/c1-3-5-7-9-11-13-15-17-19-21-23-25-27-28-29-30-31-32-33-34-35-36-37-38-40-42-44-46-48-50-52-54-56-58-60-62-68(76)73-65(64-80-72-71(79)70(78)69(77)67(63-74)81-72)66(75)61-59-57-55-53-51-49-47-45-43-41-39-26-24-22-20-18-16-14-12-10-8-6-4-2/h5,7,11,13,17,19,23,25,28-29,51,53,59,61,65-67,69-72,74-75,77-79H,3-4,6,8-10,12,14-16,18,20-22,24,26-27,30-50,52,54-58,60,62-64H2,1-2H3,(H,73,76)/b7-5-,13-11-,19-17-,25-23-,29-28-,53-51+,61-59+. The first-order valence-corrected chi connectivity index (χ1v) is 34.3. The Bertz CT molecular complexity index is 1550. The van der Waals surface area contributed by atoms with Crippen LogP contribution in [0.4, 0.5) is 0 Å². The summed E-state index contributed by atoms with van der Waals surface area (Å²) in [6, 6.07) is -0.825. The molecule has 0 saturated carbocycles. The van der Waals surface area contributed by atoms with Crippen LogP contribution in [0, 0.1) is 0 Å². The number of hydrogen-bond acceptors (Lipinski definition) is 8. The zero-order valence-corrected chi connectivity index (χ0v) is 52.5. The van der Waals surface area contributed by atoms with Gasteiger partial charge in [-0.3, -0.25) is 4.79 Å². The van der Waals surface area contributed by atoms with Crippen LogP contribution in [-0.4, -0.2) is 87.5 Å². The van der Waals surface area contributed by atoms with Crippen molar-refractivity contribution in [3.8, 4) is 0 Å². The number of amides is 1. The quantitative estimate of drug-likeness (QED) is 0.0261. The molecule has 9 nitrogen and oxygen atoms in total. The van der Waals surface area contributed by atoms with Crippen LogP contribution in [0.3, 0.4) is 0 Å². The van der Waals surface area contributed by atoms with Gasteiger partial charge in [-0.15, -0.1) is 0 Å². The Labute approximate surface area is 499 Å². The van der Waals surface area contributed by atoms with Crippen LogP contribution in [0.15, 0.2) is 85.1 Å². The first-order valence-electron chi connectivity index (χ1n) is 34.3. The fourth-order valence-corrected chi connectivity index (χ4v) is 10.6. The third-order valence-electron chi connectivity index (χ3n) is 16.0. The molecule has 1 aliphatic heterocycles. The summed E-state index contributed by atoms with van der Waals surface area (Å²) in [6.07, 6.45) is 79.7. The Hall–Kier alpha value is -2.63. The van der Waals surface area contributed by atoms with Gasteiger partial charge < -0.3 is 40.3 Å². The molecule has 1 saturated heterocycles. The number of carbonyl (C=O) groups is 1. The van der Waals surface area contributed by atoms with Crippen molar-refractivity contribution in [2.24, 2.45) is 0 Å². The number of unbranched alkanes of at least 4 members (excludes halogenated alkanes) is 37. The topological polar surface area (TPSA) is 149 Å². The molecule has 7 atom stereocenters. The number of hydrogen-bond donors (Lipinski definition) is 6. The van der Waals surface area contributed by atoms with E-state index in [1.165, 1.54) is 218 Å². The molecule has 0 aromatic carbocycles. The molecule has 1 heterocycles. The third-order valence-corrected chi connectivity index (χ3v) is 16.0. The molecule has 6 N–H and O–H groups in total. The van der Waals surface area contributed by atoms with Crippen LogP contribution in [0.1, 0.15) is 309 Å². The van der Waals surface area contributed by atoms with Gasteiger partial charge in [0.1, 0.15) is 24.4 Å². The lowest BCUT2D eigenvalue weighted by atomic mass is 9.99. The first kappa shape index (κ1) is 76.4. The molecule has 1 rings (SSSR count). The van der Waals surface area contributed by atoms with Gasteiger partial charge in [-0.25, -0.2) is 0 Å². The predicted octanol–water partition coefficient (Wildman–Crippen LogP) is 18.5. The molecule has 0 aromatic heterocycles. The Morgan fingerprint density at radius 1 is 0.432 bits per heavy atom. The maximum atomic E-state index is 13.1. The molecule has 0 radical (unpaired) electrons. The van der Waals surface area contributed by atoms with Crippen LogP contribution < -0.4 is 5.32 Å². The molecule has 1 amide bonds. The molecular formula is C72H129NO8. The second-order valence-electron chi connectivity index (χ2n) is 23.6. The fourth-order valence-electron chi connectivity index (χ4n) is 10.6. The molecule has 1 aliphatic rings.